The van der Waals surface area contributed by atoms with E-state index in [1.165, 1.54) is 4.90 Å². The Morgan fingerprint density at radius 2 is 1.93 bits per heavy atom. The standard InChI is InChI=1S/C19H20ClN5O3/c1-25(18(26)21-12-13-6-2-3-7-14(13)20)10-11-28-19(27)24-17-22-15-8-4-5-9-16(15)23-17/h2-9H,10-12H2,1H3,(H,21,26)(H2,22,23,24,27). The number of halogens is 1. The molecule has 3 N–H and O–H groups in total. The van der Waals surface area contributed by atoms with Crippen LogP contribution in [0.1, 0.15) is 5.56 Å². The van der Waals surface area contributed by atoms with Gasteiger partial charge in [-0.3, -0.25) is 5.32 Å². The lowest BCUT2D eigenvalue weighted by Gasteiger charge is -2.18. The largest absolute Gasteiger partial charge is 0.447 e. The third kappa shape index (κ3) is 5.14. The van der Waals surface area contributed by atoms with E-state index in [9.17, 15) is 9.59 Å². The number of likely N-dealkylation sites (N-methyl/N-ethyl adjacent to an activating group) is 1. The van der Waals surface area contributed by atoms with Gasteiger partial charge in [0.25, 0.3) is 0 Å². The number of para-hydroxylation sites is 2. The third-order valence-electron chi connectivity index (χ3n) is 4.00. The number of aromatic nitrogens is 2. The van der Waals surface area contributed by atoms with Crippen molar-refractivity contribution in [3.8, 4) is 0 Å². The van der Waals surface area contributed by atoms with Crippen LogP contribution in [0.5, 0.6) is 0 Å². The molecule has 0 aliphatic heterocycles. The summed E-state index contributed by atoms with van der Waals surface area (Å²) in [4.78, 5) is 32.6. The first-order valence-corrected chi connectivity index (χ1v) is 9.01. The number of fused-ring (bicyclic) bond motifs is 1. The summed E-state index contributed by atoms with van der Waals surface area (Å²) in [6.07, 6.45) is -0.649. The van der Waals surface area contributed by atoms with Gasteiger partial charge in [-0.05, 0) is 23.8 Å². The van der Waals surface area contributed by atoms with E-state index in [0.717, 1.165) is 16.6 Å². The van der Waals surface area contributed by atoms with E-state index in [-0.39, 0.29) is 19.2 Å². The number of amides is 3. The summed E-state index contributed by atoms with van der Waals surface area (Å²) in [6, 6.07) is 14.4. The second-order valence-corrected chi connectivity index (χ2v) is 6.44. The molecule has 28 heavy (non-hydrogen) atoms. The summed E-state index contributed by atoms with van der Waals surface area (Å²) in [5, 5.41) is 5.88. The molecule has 146 valence electrons. The molecule has 0 saturated carbocycles. The quantitative estimate of drug-likeness (QED) is 0.587. The van der Waals surface area contributed by atoms with Crippen LogP contribution in [-0.4, -0.2) is 47.2 Å². The summed E-state index contributed by atoms with van der Waals surface area (Å²) >= 11 is 6.06. The summed E-state index contributed by atoms with van der Waals surface area (Å²) < 4.78 is 5.09. The molecule has 0 aliphatic rings. The number of carbonyl (C=O) groups is 2. The van der Waals surface area contributed by atoms with Crippen LogP contribution >= 0.6 is 11.6 Å². The number of carbonyl (C=O) groups excluding carboxylic acids is 2. The number of hydrogen-bond donors (Lipinski definition) is 3. The van der Waals surface area contributed by atoms with Crippen LogP contribution in [0.3, 0.4) is 0 Å². The highest BCUT2D eigenvalue weighted by molar-refractivity contribution is 6.31. The van der Waals surface area contributed by atoms with Crippen molar-refractivity contribution in [1.82, 2.24) is 20.2 Å². The zero-order valence-electron chi connectivity index (χ0n) is 15.2. The molecule has 0 radical (unpaired) electrons. The fourth-order valence-electron chi connectivity index (χ4n) is 2.47. The number of hydrogen-bond acceptors (Lipinski definition) is 4. The van der Waals surface area contributed by atoms with Crippen LogP contribution in [-0.2, 0) is 11.3 Å². The van der Waals surface area contributed by atoms with E-state index in [4.69, 9.17) is 16.3 Å². The second kappa shape index (κ2) is 9.09. The van der Waals surface area contributed by atoms with Gasteiger partial charge >= 0.3 is 12.1 Å². The van der Waals surface area contributed by atoms with Gasteiger partial charge in [0.2, 0.25) is 5.95 Å². The number of H-pyrrole nitrogens is 1. The summed E-state index contributed by atoms with van der Waals surface area (Å²) in [5.41, 5.74) is 2.38. The van der Waals surface area contributed by atoms with E-state index in [0.29, 0.717) is 17.5 Å². The fourth-order valence-corrected chi connectivity index (χ4v) is 2.67. The molecule has 3 amide bonds. The molecule has 3 aromatic rings. The maximum Gasteiger partial charge on any atom is 0.414 e. The van der Waals surface area contributed by atoms with Crippen LogP contribution in [0.15, 0.2) is 48.5 Å². The molecular weight excluding hydrogens is 382 g/mol. The Morgan fingerprint density at radius 1 is 1.18 bits per heavy atom. The minimum Gasteiger partial charge on any atom is -0.447 e. The molecule has 0 spiro atoms. The SMILES string of the molecule is CN(CCOC(=O)Nc1nc2ccccc2[nH]1)C(=O)NCc1ccccc1Cl. The zero-order chi connectivity index (χ0) is 19.9. The lowest BCUT2D eigenvalue weighted by molar-refractivity contribution is 0.146. The number of nitrogens with one attached hydrogen (secondary N) is 3. The second-order valence-electron chi connectivity index (χ2n) is 6.04. The smallest absolute Gasteiger partial charge is 0.414 e. The number of ether oxygens (including phenoxy) is 1. The van der Waals surface area contributed by atoms with Crippen LogP contribution < -0.4 is 10.6 Å². The Bertz CT molecular complexity index is 942. The molecule has 0 unspecified atom stereocenters. The van der Waals surface area contributed by atoms with Crippen molar-refractivity contribution in [2.24, 2.45) is 0 Å². The number of aromatic amines is 1. The lowest BCUT2D eigenvalue weighted by Crippen LogP contribution is -2.39. The van der Waals surface area contributed by atoms with E-state index in [1.807, 2.05) is 42.5 Å². The van der Waals surface area contributed by atoms with E-state index < -0.39 is 6.09 Å². The Kier molecular flexibility index (Phi) is 6.33. The van der Waals surface area contributed by atoms with Crippen molar-refractivity contribution in [3.63, 3.8) is 0 Å². The van der Waals surface area contributed by atoms with Gasteiger partial charge in [-0.2, -0.15) is 0 Å². The zero-order valence-corrected chi connectivity index (χ0v) is 16.0. The Labute approximate surface area is 166 Å². The highest BCUT2D eigenvalue weighted by Gasteiger charge is 2.11. The van der Waals surface area contributed by atoms with Gasteiger partial charge in [0, 0.05) is 18.6 Å². The minimum atomic E-state index is -0.649. The van der Waals surface area contributed by atoms with E-state index in [1.54, 1.807) is 13.1 Å². The Balaban J connectivity index is 1.39. The van der Waals surface area contributed by atoms with Crippen molar-refractivity contribution in [1.29, 1.82) is 0 Å². The van der Waals surface area contributed by atoms with Gasteiger partial charge in [-0.15, -0.1) is 0 Å². The maximum absolute atomic E-state index is 12.1. The molecule has 1 aromatic heterocycles. The first kappa shape index (κ1) is 19.5. The molecule has 0 bridgehead atoms. The molecule has 0 aliphatic carbocycles. The molecular formula is C19H20ClN5O3. The summed E-state index contributed by atoms with van der Waals surface area (Å²) in [7, 11) is 1.61. The van der Waals surface area contributed by atoms with Crippen LogP contribution in [0, 0.1) is 0 Å². The molecule has 8 nitrogen and oxygen atoms in total. The fraction of sp³-hybridized carbons (Fsp3) is 0.211. The van der Waals surface area contributed by atoms with E-state index in [2.05, 4.69) is 20.6 Å². The molecule has 2 aromatic carbocycles. The predicted molar refractivity (Wildman–Crippen MR) is 107 cm³/mol. The number of anilines is 1. The molecule has 3 rings (SSSR count). The first-order chi connectivity index (χ1) is 13.5. The highest BCUT2D eigenvalue weighted by atomic mass is 35.5. The third-order valence-corrected chi connectivity index (χ3v) is 4.37. The number of rotatable bonds is 6. The molecule has 9 heteroatoms. The minimum absolute atomic E-state index is 0.0437. The predicted octanol–water partition coefficient (Wildman–Crippen LogP) is 3.61. The van der Waals surface area contributed by atoms with Crippen molar-refractivity contribution >= 4 is 40.7 Å². The summed E-state index contributed by atoms with van der Waals surface area (Å²) in [5.74, 6) is 0.303. The van der Waals surface area contributed by atoms with Crippen molar-refractivity contribution in [3.05, 3.63) is 59.1 Å². The van der Waals surface area contributed by atoms with Gasteiger partial charge in [0.15, 0.2) is 0 Å². The van der Waals surface area contributed by atoms with Gasteiger partial charge in [-0.25, -0.2) is 14.6 Å². The van der Waals surface area contributed by atoms with Gasteiger partial charge in [-0.1, -0.05) is 41.9 Å². The topological polar surface area (TPSA) is 99.3 Å². The number of urea groups is 1. The van der Waals surface area contributed by atoms with Crippen molar-refractivity contribution in [2.45, 2.75) is 6.54 Å². The van der Waals surface area contributed by atoms with Crippen LogP contribution in [0.25, 0.3) is 11.0 Å². The monoisotopic (exact) mass is 401 g/mol. The number of imidazole rings is 1. The van der Waals surface area contributed by atoms with Gasteiger partial charge in [0.05, 0.1) is 17.6 Å². The van der Waals surface area contributed by atoms with E-state index >= 15 is 0 Å². The van der Waals surface area contributed by atoms with Crippen molar-refractivity contribution in [2.75, 3.05) is 25.5 Å². The Morgan fingerprint density at radius 3 is 2.71 bits per heavy atom. The average Bonchev–Trinajstić information content (AvgIpc) is 3.09. The van der Waals surface area contributed by atoms with Crippen molar-refractivity contribution < 1.29 is 14.3 Å². The Hall–Kier alpha value is -3.26. The van der Waals surface area contributed by atoms with Crippen LogP contribution in [0.4, 0.5) is 15.5 Å². The normalized spacial score (nSPS) is 10.5. The lowest BCUT2D eigenvalue weighted by atomic mass is 10.2. The van der Waals surface area contributed by atoms with Crippen LogP contribution in [0.2, 0.25) is 5.02 Å². The average molecular weight is 402 g/mol. The molecule has 1 heterocycles. The molecule has 0 atom stereocenters. The molecule has 0 fully saturated rings. The summed E-state index contributed by atoms with van der Waals surface area (Å²) in [6.45, 7) is 0.597. The number of nitrogens with zero attached hydrogens (tertiary/aromatic N) is 2. The molecule has 0 saturated heterocycles. The van der Waals surface area contributed by atoms with Gasteiger partial charge in [0.1, 0.15) is 6.61 Å². The highest BCUT2D eigenvalue weighted by Crippen LogP contribution is 2.14. The first-order valence-electron chi connectivity index (χ1n) is 8.64. The number of benzene rings is 2. The van der Waals surface area contributed by atoms with Gasteiger partial charge < -0.3 is 19.9 Å². The maximum atomic E-state index is 12.1.